The fraction of sp³-hybridized carbons (Fsp3) is 0.200. The van der Waals surface area contributed by atoms with Crippen LogP contribution in [0.25, 0.3) is 11.0 Å². The molecule has 2 aromatic carbocycles. The van der Waals surface area contributed by atoms with Gasteiger partial charge in [-0.2, -0.15) is 5.10 Å². The summed E-state index contributed by atoms with van der Waals surface area (Å²) in [5, 5.41) is 7.05. The van der Waals surface area contributed by atoms with E-state index in [-0.39, 0.29) is 5.91 Å². The van der Waals surface area contributed by atoms with Gasteiger partial charge in [0.15, 0.2) is 0 Å². The van der Waals surface area contributed by atoms with Crippen molar-refractivity contribution < 1.29 is 4.79 Å². The van der Waals surface area contributed by atoms with Crippen molar-refractivity contribution in [3.63, 3.8) is 0 Å². The van der Waals surface area contributed by atoms with Crippen LogP contribution in [0.3, 0.4) is 0 Å². The predicted molar refractivity (Wildman–Crippen MR) is 102 cm³/mol. The summed E-state index contributed by atoms with van der Waals surface area (Å²) in [7, 11) is 0. The van der Waals surface area contributed by atoms with Crippen LogP contribution in [0.5, 0.6) is 0 Å². The molecule has 0 saturated carbocycles. The molecule has 7 nitrogen and oxygen atoms in total. The van der Waals surface area contributed by atoms with Gasteiger partial charge in [0.25, 0.3) is 5.91 Å². The van der Waals surface area contributed by atoms with Crippen LogP contribution in [-0.4, -0.2) is 30.2 Å². The van der Waals surface area contributed by atoms with E-state index < -0.39 is 0 Å². The lowest BCUT2D eigenvalue weighted by molar-refractivity contribution is 0.0949. The van der Waals surface area contributed by atoms with E-state index in [9.17, 15) is 4.79 Å². The second kappa shape index (κ2) is 7.41. The molecule has 0 unspecified atom stereocenters. The van der Waals surface area contributed by atoms with Crippen molar-refractivity contribution in [1.29, 1.82) is 0 Å². The topological polar surface area (TPSA) is 77.6 Å². The minimum Gasteiger partial charge on any atom is -0.345 e. The van der Waals surface area contributed by atoms with Gasteiger partial charge in [0.05, 0.1) is 24.1 Å². The van der Waals surface area contributed by atoms with Crippen LogP contribution in [0.2, 0.25) is 0 Å². The first-order valence-electron chi connectivity index (χ1n) is 8.88. The maximum Gasteiger partial charge on any atom is 0.251 e. The fourth-order valence-corrected chi connectivity index (χ4v) is 3.14. The van der Waals surface area contributed by atoms with E-state index in [0.717, 1.165) is 29.0 Å². The Balaban J connectivity index is 1.43. The Morgan fingerprint density at radius 2 is 1.93 bits per heavy atom. The molecule has 2 heterocycles. The minimum atomic E-state index is -0.114. The van der Waals surface area contributed by atoms with Crippen molar-refractivity contribution in [3.8, 4) is 0 Å². The number of carbonyl (C=O) groups excluding carboxylic acids is 1. The van der Waals surface area contributed by atoms with Crippen molar-refractivity contribution in [2.24, 2.45) is 0 Å². The SMILES string of the molecule is CCn1c(CNC(=O)c2ccc(Cn3cncn3)cc2)nc2ccccc21. The van der Waals surface area contributed by atoms with Gasteiger partial charge in [0.2, 0.25) is 0 Å². The second-order valence-electron chi connectivity index (χ2n) is 6.23. The van der Waals surface area contributed by atoms with Crippen LogP contribution in [0, 0.1) is 0 Å². The number of amides is 1. The van der Waals surface area contributed by atoms with Gasteiger partial charge in [0.1, 0.15) is 18.5 Å². The van der Waals surface area contributed by atoms with Gasteiger partial charge in [-0.1, -0.05) is 24.3 Å². The number of aromatic nitrogens is 5. The number of fused-ring (bicyclic) bond motifs is 1. The van der Waals surface area contributed by atoms with Crippen molar-refractivity contribution in [3.05, 3.63) is 78.1 Å². The van der Waals surface area contributed by atoms with Gasteiger partial charge in [-0.05, 0) is 36.8 Å². The lowest BCUT2D eigenvalue weighted by Gasteiger charge is -2.08. The van der Waals surface area contributed by atoms with E-state index in [0.29, 0.717) is 18.7 Å². The Morgan fingerprint density at radius 3 is 2.67 bits per heavy atom. The van der Waals surface area contributed by atoms with Crippen LogP contribution in [-0.2, 0) is 19.6 Å². The number of hydrogen-bond acceptors (Lipinski definition) is 4. The Labute approximate surface area is 156 Å². The summed E-state index contributed by atoms with van der Waals surface area (Å²) in [6.07, 6.45) is 3.17. The van der Waals surface area contributed by atoms with E-state index in [1.807, 2.05) is 48.5 Å². The molecule has 0 fully saturated rings. The number of benzene rings is 2. The molecule has 2 aromatic heterocycles. The van der Waals surface area contributed by atoms with Crippen molar-refractivity contribution in [1.82, 2.24) is 29.6 Å². The second-order valence-corrected chi connectivity index (χ2v) is 6.23. The van der Waals surface area contributed by atoms with Gasteiger partial charge in [-0.3, -0.25) is 4.79 Å². The third kappa shape index (κ3) is 3.57. The molecule has 0 atom stereocenters. The molecular weight excluding hydrogens is 340 g/mol. The zero-order valence-electron chi connectivity index (χ0n) is 15.0. The number of rotatable bonds is 6. The number of imidazole rings is 1. The van der Waals surface area contributed by atoms with Crippen molar-refractivity contribution >= 4 is 16.9 Å². The molecule has 7 heteroatoms. The summed E-state index contributed by atoms with van der Waals surface area (Å²) in [6, 6.07) is 15.5. The van der Waals surface area contributed by atoms with Crippen LogP contribution >= 0.6 is 0 Å². The molecule has 1 amide bonds. The third-order valence-electron chi connectivity index (χ3n) is 4.48. The molecule has 0 aliphatic rings. The smallest absolute Gasteiger partial charge is 0.251 e. The molecule has 0 radical (unpaired) electrons. The fourth-order valence-electron chi connectivity index (χ4n) is 3.14. The van der Waals surface area contributed by atoms with E-state index in [4.69, 9.17) is 0 Å². The molecule has 0 aliphatic carbocycles. The summed E-state index contributed by atoms with van der Waals surface area (Å²) in [5.41, 5.74) is 3.71. The first-order valence-corrected chi connectivity index (χ1v) is 8.88. The summed E-state index contributed by atoms with van der Waals surface area (Å²) >= 11 is 0. The lowest BCUT2D eigenvalue weighted by atomic mass is 10.1. The molecule has 0 saturated heterocycles. The van der Waals surface area contributed by atoms with Crippen LogP contribution in [0.1, 0.15) is 28.7 Å². The van der Waals surface area contributed by atoms with E-state index in [1.165, 1.54) is 6.33 Å². The molecule has 0 bridgehead atoms. The Hall–Kier alpha value is -3.48. The monoisotopic (exact) mass is 360 g/mol. The molecular formula is C20H20N6O. The summed E-state index contributed by atoms with van der Waals surface area (Å²) in [6.45, 7) is 3.90. The van der Waals surface area contributed by atoms with Crippen LogP contribution < -0.4 is 5.32 Å². The van der Waals surface area contributed by atoms with Gasteiger partial charge in [-0.15, -0.1) is 0 Å². The highest BCUT2D eigenvalue weighted by Gasteiger charge is 2.11. The number of carbonyl (C=O) groups is 1. The summed E-state index contributed by atoms with van der Waals surface area (Å²) in [5.74, 6) is 0.742. The largest absolute Gasteiger partial charge is 0.345 e. The lowest BCUT2D eigenvalue weighted by Crippen LogP contribution is -2.24. The highest BCUT2D eigenvalue weighted by Crippen LogP contribution is 2.16. The molecule has 0 spiro atoms. The van der Waals surface area contributed by atoms with Gasteiger partial charge >= 0.3 is 0 Å². The van der Waals surface area contributed by atoms with Gasteiger partial charge in [0, 0.05) is 12.1 Å². The minimum absolute atomic E-state index is 0.114. The third-order valence-corrected chi connectivity index (χ3v) is 4.48. The van der Waals surface area contributed by atoms with Crippen molar-refractivity contribution in [2.45, 2.75) is 26.6 Å². The van der Waals surface area contributed by atoms with Gasteiger partial charge in [-0.25, -0.2) is 14.6 Å². The molecule has 4 aromatic rings. The molecule has 27 heavy (non-hydrogen) atoms. The number of nitrogens with one attached hydrogen (secondary N) is 1. The average molecular weight is 360 g/mol. The van der Waals surface area contributed by atoms with Gasteiger partial charge < -0.3 is 9.88 Å². The van der Waals surface area contributed by atoms with Crippen LogP contribution in [0.4, 0.5) is 0 Å². The number of para-hydroxylation sites is 2. The summed E-state index contributed by atoms with van der Waals surface area (Å²) < 4.78 is 3.86. The first kappa shape index (κ1) is 17.0. The summed E-state index contributed by atoms with van der Waals surface area (Å²) in [4.78, 5) is 21.0. The van der Waals surface area contributed by atoms with E-state index in [2.05, 4.69) is 31.9 Å². The standard InChI is InChI=1S/C20H20N6O/c1-2-26-18-6-4-3-5-17(18)24-19(26)11-22-20(27)16-9-7-15(8-10-16)12-25-14-21-13-23-25/h3-10,13-14H,2,11-12H2,1H3,(H,22,27). The highest BCUT2D eigenvalue weighted by molar-refractivity contribution is 5.94. The Morgan fingerprint density at radius 1 is 1.11 bits per heavy atom. The quantitative estimate of drug-likeness (QED) is 0.573. The van der Waals surface area contributed by atoms with E-state index >= 15 is 0 Å². The maximum atomic E-state index is 12.5. The first-order chi connectivity index (χ1) is 13.2. The predicted octanol–water partition coefficient (Wildman–Crippen LogP) is 2.63. The Bertz CT molecular complexity index is 1050. The van der Waals surface area contributed by atoms with Crippen molar-refractivity contribution in [2.75, 3.05) is 0 Å². The molecule has 0 aliphatic heterocycles. The normalized spacial score (nSPS) is 11.0. The Kier molecular flexibility index (Phi) is 4.65. The zero-order chi connectivity index (χ0) is 18.6. The van der Waals surface area contributed by atoms with E-state index in [1.54, 1.807) is 11.0 Å². The number of nitrogens with zero attached hydrogens (tertiary/aromatic N) is 5. The molecule has 136 valence electrons. The number of hydrogen-bond donors (Lipinski definition) is 1. The molecule has 1 N–H and O–H groups in total. The highest BCUT2D eigenvalue weighted by atomic mass is 16.1. The molecule has 4 rings (SSSR count). The van der Waals surface area contributed by atoms with Crippen LogP contribution in [0.15, 0.2) is 61.2 Å². The zero-order valence-corrected chi connectivity index (χ0v) is 15.0. The maximum absolute atomic E-state index is 12.5. The average Bonchev–Trinajstić information content (AvgIpc) is 3.33. The number of aryl methyl sites for hydroxylation is 1.